The Hall–Kier alpha value is -2.08. The summed E-state index contributed by atoms with van der Waals surface area (Å²) in [7, 11) is 0. The van der Waals surface area contributed by atoms with E-state index in [1.54, 1.807) is 0 Å². The van der Waals surface area contributed by atoms with Crippen LogP contribution >= 0.6 is 0 Å². The van der Waals surface area contributed by atoms with Crippen LogP contribution in [0.2, 0.25) is 0 Å². The van der Waals surface area contributed by atoms with Gasteiger partial charge in [-0.1, -0.05) is 6.07 Å². The van der Waals surface area contributed by atoms with Gasteiger partial charge in [-0.05, 0) is 43.4 Å². The molecule has 3 aliphatic rings. The van der Waals surface area contributed by atoms with E-state index in [0.717, 1.165) is 49.0 Å². The summed E-state index contributed by atoms with van der Waals surface area (Å²) >= 11 is 0. The van der Waals surface area contributed by atoms with Crippen LogP contribution in [0, 0.1) is 0 Å². The maximum atomic E-state index is 13.0. The summed E-state index contributed by atoms with van der Waals surface area (Å²) in [4.78, 5) is 29.1. The third-order valence-corrected chi connectivity index (χ3v) is 5.41. The molecule has 6 nitrogen and oxygen atoms in total. The average molecular weight is 343 g/mol. The van der Waals surface area contributed by atoms with E-state index in [0.29, 0.717) is 32.8 Å². The predicted octanol–water partition coefficient (Wildman–Crippen LogP) is 1.51. The minimum absolute atomic E-state index is 0.0877. The average Bonchev–Trinajstić information content (AvgIpc) is 3.21. The van der Waals surface area contributed by atoms with Crippen molar-refractivity contribution in [1.82, 2.24) is 9.80 Å². The molecule has 4 rings (SSSR count). The van der Waals surface area contributed by atoms with Crippen molar-refractivity contribution in [3.05, 3.63) is 29.3 Å². The molecule has 25 heavy (non-hydrogen) atoms. The normalized spacial score (nSPS) is 23.1. The van der Waals surface area contributed by atoms with E-state index < -0.39 is 0 Å². The SMILES string of the molecule is O=C(c1cccc2c1CCCN2)N1CCN(C(=O)C2CCCO2)CC1. The molecule has 134 valence electrons. The number of anilines is 1. The molecule has 0 aliphatic carbocycles. The Morgan fingerprint density at radius 1 is 1.08 bits per heavy atom. The van der Waals surface area contributed by atoms with Crippen molar-refractivity contribution in [3.8, 4) is 0 Å². The third kappa shape index (κ3) is 3.23. The molecule has 3 aliphatic heterocycles. The number of hydrogen-bond acceptors (Lipinski definition) is 4. The monoisotopic (exact) mass is 343 g/mol. The van der Waals surface area contributed by atoms with Gasteiger partial charge in [0.05, 0.1) is 0 Å². The fraction of sp³-hybridized carbons (Fsp3) is 0.579. The summed E-state index contributed by atoms with van der Waals surface area (Å²) < 4.78 is 5.50. The Balaban J connectivity index is 1.41. The van der Waals surface area contributed by atoms with E-state index in [1.807, 2.05) is 28.0 Å². The van der Waals surface area contributed by atoms with Gasteiger partial charge in [-0.2, -0.15) is 0 Å². The van der Waals surface area contributed by atoms with Gasteiger partial charge >= 0.3 is 0 Å². The molecule has 1 atom stereocenters. The fourth-order valence-corrected chi connectivity index (χ4v) is 3.99. The Kier molecular flexibility index (Phi) is 4.61. The third-order valence-electron chi connectivity index (χ3n) is 5.41. The van der Waals surface area contributed by atoms with Gasteiger partial charge in [0.1, 0.15) is 6.10 Å². The molecule has 0 saturated carbocycles. The van der Waals surface area contributed by atoms with Crippen molar-refractivity contribution < 1.29 is 14.3 Å². The number of carbonyl (C=O) groups excluding carboxylic acids is 2. The maximum Gasteiger partial charge on any atom is 0.254 e. The van der Waals surface area contributed by atoms with Crippen molar-refractivity contribution in [2.75, 3.05) is 44.6 Å². The molecule has 2 saturated heterocycles. The van der Waals surface area contributed by atoms with Crippen LogP contribution in [0.1, 0.15) is 35.2 Å². The van der Waals surface area contributed by atoms with Crippen molar-refractivity contribution >= 4 is 17.5 Å². The minimum atomic E-state index is -0.269. The van der Waals surface area contributed by atoms with Crippen LogP contribution in [0.4, 0.5) is 5.69 Å². The van der Waals surface area contributed by atoms with E-state index in [9.17, 15) is 9.59 Å². The lowest BCUT2D eigenvalue weighted by Crippen LogP contribution is -2.53. The van der Waals surface area contributed by atoms with Gasteiger partial charge in [-0.3, -0.25) is 9.59 Å². The number of rotatable bonds is 2. The van der Waals surface area contributed by atoms with Crippen LogP contribution < -0.4 is 5.32 Å². The zero-order chi connectivity index (χ0) is 17.2. The number of hydrogen-bond donors (Lipinski definition) is 1. The molecule has 3 heterocycles. The summed E-state index contributed by atoms with van der Waals surface area (Å²) in [6.45, 7) is 4.02. The quantitative estimate of drug-likeness (QED) is 0.884. The minimum Gasteiger partial charge on any atom is -0.385 e. The highest BCUT2D eigenvalue weighted by atomic mass is 16.5. The first-order valence-corrected chi connectivity index (χ1v) is 9.29. The lowest BCUT2D eigenvalue weighted by atomic mass is 9.96. The first-order chi connectivity index (χ1) is 12.2. The van der Waals surface area contributed by atoms with Gasteiger partial charge in [0.2, 0.25) is 0 Å². The number of amides is 2. The van der Waals surface area contributed by atoms with Crippen molar-refractivity contribution in [3.63, 3.8) is 0 Å². The Bertz CT molecular complexity index is 662. The standard InChI is InChI=1S/C19H25N3O3/c23-18(15-4-1-6-16-14(15)5-2-8-20-16)21-9-11-22(12-10-21)19(24)17-7-3-13-25-17/h1,4,6,17,20H,2-3,5,7-13H2. The number of benzene rings is 1. The highest BCUT2D eigenvalue weighted by Crippen LogP contribution is 2.26. The van der Waals surface area contributed by atoms with Gasteiger partial charge in [-0.25, -0.2) is 0 Å². The van der Waals surface area contributed by atoms with Crippen molar-refractivity contribution in [2.24, 2.45) is 0 Å². The molecule has 1 N–H and O–H groups in total. The molecule has 0 bridgehead atoms. The summed E-state index contributed by atoms with van der Waals surface area (Å²) in [5, 5.41) is 3.38. The Labute approximate surface area is 148 Å². The molecule has 0 spiro atoms. The smallest absolute Gasteiger partial charge is 0.254 e. The number of carbonyl (C=O) groups is 2. The summed E-state index contributed by atoms with van der Waals surface area (Å²) in [5.74, 6) is 0.177. The van der Waals surface area contributed by atoms with Gasteiger partial charge in [0.25, 0.3) is 11.8 Å². The second-order valence-electron chi connectivity index (χ2n) is 6.98. The molecule has 0 aromatic heterocycles. The second-order valence-corrected chi connectivity index (χ2v) is 6.98. The molecule has 2 amide bonds. The lowest BCUT2D eigenvalue weighted by Gasteiger charge is -2.36. The van der Waals surface area contributed by atoms with Crippen LogP contribution in [0.15, 0.2) is 18.2 Å². The highest BCUT2D eigenvalue weighted by Gasteiger charge is 2.32. The molecule has 2 fully saturated rings. The zero-order valence-corrected chi connectivity index (χ0v) is 14.5. The molecule has 6 heteroatoms. The summed E-state index contributed by atoms with van der Waals surface area (Å²) in [5.41, 5.74) is 3.03. The van der Waals surface area contributed by atoms with Crippen LogP contribution in [-0.2, 0) is 16.0 Å². The molecular weight excluding hydrogens is 318 g/mol. The van der Waals surface area contributed by atoms with Crippen LogP contribution in [0.25, 0.3) is 0 Å². The van der Waals surface area contributed by atoms with Gasteiger partial charge in [0, 0.05) is 50.6 Å². The van der Waals surface area contributed by atoms with Crippen LogP contribution in [-0.4, -0.2) is 67.0 Å². The summed E-state index contributed by atoms with van der Waals surface area (Å²) in [6, 6.07) is 5.92. The van der Waals surface area contributed by atoms with Crippen molar-refractivity contribution in [2.45, 2.75) is 31.8 Å². The summed E-state index contributed by atoms with van der Waals surface area (Å²) in [6.07, 6.45) is 3.51. The van der Waals surface area contributed by atoms with Gasteiger partial charge in [0.15, 0.2) is 0 Å². The number of nitrogens with one attached hydrogen (secondary N) is 1. The van der Waals surface area contributed by atoms with Crippen LogP contribution in [0.3, 0.4) is 0 Å². The second kappa shape index (κ2) is 7.04. The molecular formula is C19H25N3O3. The molecule has 1 aromatic carbocycles. The van der Waals surface area contributed by atoms with Crippen LogP contribution in [0.5, 0.6) is 0 Å². The van der Waals surface area contributed by atoms with E-state index in [2.05, 4.69) is 5.32 Å². The van der Waals surface area contributed by atoms with E-state index in [4.69, 9.17) is 4.74 Å². The number of piperazine rings is 1. The zero-order valence-electron chi connectivity index (χ0n) is 14.5. The number of fused-ring (bicyclic) bond motifs is 1. The first-order valence-electron chi connectivity index (χ1n) is 9.29. The molecule has 1 unspecified atom stereocenters. The molecule has 0 radical (unpaired) electrons. The lowest BCUT2D eigenvalue weighted by molar-refractivity contribution is -0.142. The first kappa shape index (κ1) is 16.4. The van der Waals surface area contributed by atoms with Gasteiger partial charge < -0.3 is 19.9 Å². The van der Waals surface area contributed by atoms with E-state index in [1.165, 1.54) is 0 Å². The topological polar surface area (TPSA) is 61.9 Å². The highest BCUT2D eigenvalue weighted by molar-refractivity contribution is 5.97. The number of ether oxygens (including phenoxy) is 1. The largest absolute Gasteiger partial charge is 0.385 e. The van der Waals surface area contributed by atoms with Crippen molar-refractivity contribution in [1.29, 1.82) is 0 Å². The van der Waals surface area contributed by atoms with E-state index >= 15 is 0 Å². The fourth-order valence-electron chi connectivity index (χ4n) is 3.99. The Morgan fingerprint density at radius 3 is 2.64 bits per heavy atom. The van der Waals surface area contributed by atoms with Gasteiger partial charge in [-0.15, -0.1) is 0 Å². The Morgan fingerprint density at radius 2 is 1.88 bits per heavy atom. The maximum absolute atomic E-state index is 13.0. The molecule has 1 aromatic rings. The number of nitrogens with zero attached hydrogens (tertiary/aromatic N) is 2. The van der Waals surface area contributed by atoms with E-state index in [-0.39, 0.29) is 17.9 Å². The predicted molar refractivity (Wildman–Crippen MR) is 94.7 cm³/mol.